The van der Waals surface area contributed by atoms with Crippen LogP contribution in [0, 0.1) is 8.55 Å². The van der Waals surface area contributed by atoms with E-state index in [0.29, 0.717) is 0 Å². The highest BCUT2D eigenvalue weighted by atomic mass is 32.2. The predicted octanol–water partition coefficient (Wildman–Crippen LogP) is 3.77. The van der Waals surface area contributed by atoms with Gasteiger partial charge in [-0.15, -0.1) is 22.7 Å². The molecular weight excluding hydrogens is 208 g/mol. The lowest BCUT2D eigenvalue weighted by Crippen LogP contribution is -2.18. The van der Waals surface area contributed by atoms with Crippen molar-refractivity contribution in [3.8, 4) is 0 Å². The van der Waals surface area contributed by atoms with Gasteiger partial charge in [0.05, 0.1) is 4.88 Å². The highest BCUT2D eigenvalue weighted by Crippen LogP contribution is 2.26. The Morgan fingerprint density at radius 1 is 1.50 bits per heavy atom. The predicted molar refractivity (Wildman–Crippen MR) is 56.8 cm³/mol. The molecule has 0 atom stereocenters. The topological polar surface area (TPSA) is 17.1 Å². The Kier molecular flexibility index (Phi) is 2.81. The van der Waals surface area contributed by atoms with Crippen molar-refractivity contribution in [2.75, 3.05) is 0 Å². The van der Waals surface area contributed by atoms with Crippen LogP contribution in [-0.4, -0.2) is 5.78 Å². The van der Waals surface area contributed by atoms with E-state index in [2.05, 4.69) is 0 Å². The van der Waals surface area contributed by atoms with Crippen LogP contribution in [0.1, 0.15) is 30.4 Å². The fourth-order valence-corrected chi connectivity index (χ4v) is 2.95. The Morgan fingerprint density at radius 2 is 2.08 bits per heavy atom. The summed E-state index contributed by atoms with van der Waals surface area (Å²) in [5.74, 6) is 0.180. The SMILES string of the molecule is CC(C)(C)C(=O)c1csc(=S)s1. The Bertz CT molecular complexity index is 340. The van der Waals surface area contributed by atoms with Gasteiger partial charge in [0.2, 0.25) is 0 Å². The molecule has 0 aliphatic carbocycles. The summed E-state index contributed by atoms with van der Waals surface area (Å²) >= 11 is 7.83. The van der Waals surface area contributed by atoms with Crippen molar-refractivity contribution in [1.82, 2.24) is 0 Å². The van der Waals surface area contributed by atoms with E-state index in [1.54, 1.807) is 0 Å². The summed E-state index contributed by atoms with van der Waals surface area (Å²) in [7, 11) is 0. The van der Waals surface area contributed by atoms with Gasteiger partial charge in [-0.25, -0.2) is 0 Å². The molecule has 0 unspecified atom stereocenters. The standard InChI is InChI=1S/C8H10OS3/c1-8(2,3)6(9)5-4-11-7(10)12-5/h4H,1-3H3. The maximum absolute atomic E-state index is 11.7. The molecule has 0 fully saturated rings. The summed E-state index contributed by atoms with van der Waals surface area (Å²) in [5.41, 5.74) is -0.292. The first-order valence-corrected chi connectivity index (χ1v) is 5.65. The molecule has 0 saturated heterocycles. The summed E-state index contributed by atoms with van der Waals surface area (Å²) in [6.45, 7) is 5.76. The van der Waals surface area contributed by atoms with E-state index < -0.39 is 0 Å². The number of carbonyl (C=O) groups excluding carboxylic acids is 1. The third-order valence-corrected chi connectivity index (χ3v) is 3.82. The quantitative estimate of drug-likeness (QED) is 0.527. The fourth-order valence-electron chi connectivity index (χ4n) is 0.709. The molecule has 1 aromatic rings. The Morgan fingerprint density at radius 3 is 2.42 bits per heavy atom. The number of hydrogen-bond acceptors (Lipinski definition) is 4. The first kappa shape index (κ1) is 10.0. The number of carbonyl (C=O) groups is 1. The molecule has 0 amide bonds. The van der Waals surface area contributed by atoms with Gasteiger partial charge in [-0.3, -0.25) is 4.79 Å². The second-order valence-corrected chi connectivity index (χ2v) is 6.65. The third kappa shape index (κ3) is 2.21. The molecule has 0 aromatic carbocycles. The van der Waals surface area contributed by atoms with Gasteiger partial charge in [0, 0.05) is 10.8 Å². The van der Waals surface area contributed by atoms with Crippen LogP contribution in [-0.2, 0) is 0 Å². The van der Waals surface area contributed by atoms with E-state index >= 15 is 0 Å². The summed E-state index contributed by atoms with van der Waals surface area (Å²) in [6, 6.07) is 0. The molecule has 0 spiro atoms. The average molecular weight is 218 g/mol. The van der Waals surface area contributed by atoms with Crippen LogP contribution in [0.4, 0.5) is 0 Å². The summed E-state index contributed by atoms with van der Waals surface area (Å²) < 4.78 is 0.822. The Hall–Kier alpha value is -0.0600. The van der Waals surface area contributed by atoms with E-state index in [9.17, 15) is 4.79 Å². The van der Waals surface area contributed by atoms with Gasteiger partial charge in [-0.05, 0) is 0 Å². The number of rotatable bonds is 1. The van der Waals surface area contributed by atoms with Crippen molar-refractivity contribution in [3.05, 3.63) is 13.4 Å². The summed E-state index contributed by atoms with van der Waals surface area (Å²) in [4.78, 5) is 12.4. The lowest BCUT2D eigenvalue weighted by molar-refractivity contribution is 0.0863. The van der Waals surface area contributed by atoms with Crippen LogP contribution in [0.3, 0.4) is 0 Å². The van der Waals surface area contributed by atoms with Crippen LogP contribution < -0.4 is 0 Å². The van der Waals surface area contributed by atoms with Gasteiger partial charge < -0.3 is 0 Å². The second kappa shape index (κ2) is 3.36. The minimum absolute atomic E-state index is 0.180. The normalized spacial score (nSPS) is 11.6. The zero-order valence-corrected chi connectivity index (χ0v) is 9.66. The first-order chi connectivity index (χ1) is 5.41. The molecule has 0 aliphatic rings. The fraction of sp³-hybridized carbons (Fsp3) is 0.500. The van der Waals surface area contributed by atoms with Gasteiger partial charge in [0.15, 0.2) is 5.78 Å². The monoisotopic (exact) mass is 218 g/mol. The zero-order valence-electron chi connectivity index (χ0n) is 7.21. The molecule has 12 heavy (non-hydrogen) atoms. The van der Waals surface area contributed by atoms with Crippen LogP contribution in [0.2, 0.25) is 0 Å². The smallest absolute Gasteiger partial charge is 0.178 e. The van der Waals surface area contributed by atoms with Gasteiger partial charge in [0.25, 0.3) is 0 Å². The summed E-state index contributed by atoms with van der Waals surface area (Å²) in [6.07, 6.45) is 0. The van der Waals surface area contributed by atoms with E-state index in [4.69, 9.17) is 12.2 Å². The lowest BCUT2D eigenvalue weighted by Gasteiger charge is -2.14. The molecule has 4 heteroatoms. The van der Waals surface area contributed by atoms with E-state index in [-0.39, 0.29) is 11.2 Å². The molecule has 1 heterocycles. The van der Waals surface area contributed by atoms with E-state index in [1.807, 2.05) is 26.2 Å². The summed E-state index contributed by atoms with van der Waals surface area (Å²) in [5, 5.41) is 1.85. The van der Waals surface area contributed by atoms with Crippen LogP contribution in [0.5, 0.6) is 0 Å². The van der Waals surface area contributed by atoms with Gasteiger partial charge in [-0.1, -0.05) is 33.0 Å². The van der Waals surface area contributed by atoms with E-state index in [1.165, 1.54) is 22.7 Å². The average Bonchev–Trinajstić information content (AvgIpc) is 2.32. The van der Waals surface area contributed by atoms with Crippen LogP contribution in [0.15, 0.2) is 5.38 Å². The largest absolute Gasteiger partial charge is 0.293 e. The Balaban J connectivity index is 3.01. The van der Waals surface area contributed by atoms with Crippen molar-refractivity contribution in [2.24, 2.45) is 5.41 Å². The van der Waals surface area contributed by atoms with Crippen LogP contribution >= 0.6 is 34.9 Å². The number of ketones is 1. The molecule has 0 radical (unpaired) electrons. The number of Topliss-reactive ketones (excluding diaryl/α,β-unsaturated/α-hetero) is 1. The van der Waals surface area contributed by atoms with E-state index in [0.717, 1.165) is 8.01 Å². The van der Waals surface area contributed by atoms with Crippen molar-refractivity contribution in [2.45, 2.75) is 20.8 Å². The molecule has 66 valence electrons. The van der Waals surface area contributed by atoms with Gasteiger partial charge in [0.1, 0.15) is 3.14 Å². The van der Waals surface area contributed by atoms with Crippen molar-refractivity contribution < 1.29 is 4.79 Å². The maximum Gasteiger partial charge on any atom is 0.178 e. The minimum atomic E-state index is -0.292. The van der Waals surface area contributed by atoms with Crippen molar-refractivity contribution in [3.63, 3.8) is 0 Å². The van der Waals surface area contributed by atoms with Crippen molar-refractivity contribution >= 4 is 40.7 Å². The lowest BCUT2D eigenvalue weighted by atomic mass is 9.90. The zero-order chi connectivity index (χ0) is 9.35. The molecule has 1 aromatic heterocycles. The van der Waals surface area contributed by atoms with Gasteiger partial charge >= 0.3 is 0 Å². The molecule has 1 nitrogen and oxygen atoms in total. The highest BCUT2D eigenvalue weighted by Gasteiger charge is 2.23. The van der Waals surface area contributed by atoms with Crippen molar-refractivity contribution in [1.29, 1.82) is 0 Å². The Labute approximate surface area is 85.1 Å². The first-order valence-electron chi connectivity index (χ1n) is 3.54. The molecular formula is C8H10OS3. The number of hydrogen-bond donors (Lipinski definition) is 0. The molecule has 0 N–H and O–H groups in total. The third-order valence-electron chi connectivity index (χ3n) is 1.36. The van der Waals surface area contributed by atoms with Crippen LogP contribution in [0.25, 0.3) is 0 Å². The second-order valence-electron chi connectivity index (χ2n) is 3.53. The van der Waals surface area contributed by atoms with Gasteiger partial charge in [-0.2, -0.15) is 0 Å². The maximum atomic E-state index is 11.7. The molecule has 1 rings (SSSR count). The highest BCUT2D eigenvalue weighted by molar-refractivity contribution is 7.76. The minimum Gasteiger partial charge on any atom is -0.293 e. The molecule has 0 bridgehead atoms. The molecule has 0 saturated carbocycles. The molecule has 0 aliphatic heterocycles.